The molecule has 0 saturated heterocycles. The summed E-state index contributed by atoms with van der Waals surface area (Å²) in [5.74, 6) is -1.61. The maximum Gasteiger partial charge on any atom is 0.311 e. The van der Waals surface area contributed by atoms with Crippen molar-refractivity contribution >= 4 is 44.7 Å². The van der Waals surface area contributed by atoms with Crippen molar-refractivity contribution in [3.05, 3.63) is 80.9 Å². The van der Waals surface area contributed by atoms with Crippen LogP contribution in [0.15, 0.2) is 48.8 Å². The molecule has 0 spiro atoms. The third-order valence-corrected chi connectivity index (χ3v) is 7.06. The molecule has 4 aromatic heterocycles. The first-order chi connectivity index (χ1) is 19.5. The summed E-state index contributed by atoms with van der Waals surface area (Å²) in [7, 11) is 1.67. The number of amides is 2. The number of hydrogen-bond donors (Lipinski definition) is 2. The van der Waals surface area contributed by atoms with E-state index in [-0.39, 0.29) is 44.6 Å². The number of hydrogen-bond acceptors (Lipinski definition) is 9. The molecule has 0 aliphatic rings. The van der Waals surface area contributed by atoms with Gasteiger partial charge in [-0.25, -0.2) is 18.4 Å². The van der Waals surface area contributed by atoms with Crippen molar-refractivity contribution in [3.8, 4) is 16.9 Å². The number of aryl methyl sites for hydroxylation is 2. The molecule has 13 nitrogen and oxygen atoms in total. The highest BCUT2D eigenvalue weighted by molar-refractivity contribution is 7.21. The van der Waals surface area contributed by atoms with E-state index < -0.39 is 28.9 Å². The van der Waals surface area contributed by atoms with Crippen LogP contribution in [0.5, 0.6) is 5.75 Å². The number of nitrogens with zero attached hydrogens (tertiary/aromatic N) is 6. The van der Waals surface area contributed by atoms with Crippen LogP contribution in [0.4, 0.5) is 20.2 Å². The molecule has 0 bridgehead atoms. The summed E-state index contributed by atoms with van der Waals surface area (Å²) in [4.78, 5) is 40.2. The molecule has 5 rings (SSSR count). The van der Waals surface area contributed by atoms with E-state index in [1.165, 1.54) is 45.9 Å². The number of anilines is 1. The molecule has 2 amide bonds. The number of carbonyl (C=O) groups is 2. The molecule has 4 heterocycles. The number of halogens is 2. The Balaban J connectivity index is 1.50. The second kappa shape index (κ2) is 10.7. The molecular formula is C25H20F2N8O5S. The third kappa shape index (κ3) is 5.31. The number of primary amides is 1. The van der Waals surface area contributed by atoms with Crippen LogP contribution in [-0.4, -0.2) is 41.3 Å². The fraction of sp³-hybridized carbons (Fsp3) is 0.160. The topological polar surface area (TPSA) is 173 Å². The average molecular weight is 583 g/mol. The van der Waals surface area contributed by atoms with Gasteiger partial charge in [0.1, 0.15) is 15.4 Å². The van der Waals surface area contributed by atoms with Gasteiger partial charge in [-0.3, -0.25) is 24.4 Å². The Morgan fingerprint density at radius 2 is 1.98 bits per heavy atom. The van der Waals surface area contributed by atoms with Crippen molar-refractivity contribution in [3.63, 3.8) is 0 Å². The fourth-order valence-corrected chi connectivity index (χ4v) is 5.21. The maximum atomic E-state index is 13.7. The van der Waals surface area contributed by atoms with Crippen molar-refractivity contribution in [2.45, 2.75) is 20.1 Å². The maximum absolute atomic E-state index is 13.7. The number of aromatic nitrogens is 5. The van der Waals surface area contributed by atoms with Crippen LogP contribution in [-0.2, 0) is 13.8 Å². The molecule has 210 valence electrons. The Kier molecular flexibility index (Phi) is 7.15. The number of ether oxygens (including phenoxy) is 1. The van der Waals surface area contributed by atoms with Crippen LogP contribution >= 0.6 is 11.3 Å². The zero-order valence-corrected chi connectivity index (χ0v) is 22.2. The Labute approximate surface area is 233 Å². The number of thiophene rings is 1. The zero-order valence-electron chi connectivity index (χ0n) is 21.4. The van der Waals surface area contributed by atoms with Crippen LogP contribution in [0, 0.1) is 17.0 Å². The lowest BCUT2D eigenvalue weighted by Crippen LogP contribution is -2.18. The highest BCUT2D eigenvalue weighted by atomic mass is 32.1. The number of para-hydroxylation sites is 2. The predicted molar refractivity (Wildman–Crippen MR) is 144 cm³/mol. The van der Waals surface area contributed by atoms with Gasteiger partial charge in [-0.05, 0) is 30.7 Å². The molecule has 0 saturated carbocycles. The number of nitrogens with one attached hydrogen (secondary N) is 1. The average Bonchev–Trinajstić information content (AvgIpc) is 3.64. The van der Waals surface area contributed by atoms with Gasteiger partial charge >= 0.3 is 5.69 Å². The van der Waals surface area contributed by atoms with Crippen LogP contribution in [0.3, 0.4) is 0 Å². The second-order valence-corrected chi connectivity index (χ2v) is 9.74. The van der Waals surface area contributed by atoms with E-state index in [0.29, 0.717) is 16.8 Å². The molecule has 0 unspecified atom stereocenters. The monoisotopic (exact) mass is 582 g/mol. The minimum Gasteiger partial charge on any atom is -0.464 e. The SMILES string of the molecule is Cc1nn(C)cc1-c1cc(C(F)F)nc2sc(C(N)=O)c(NC(=O)c3ccn(COc4ccccc4[N+](=O)[O-])n3)c12. The van der Waals surface area contributed by atoms with Crippen molar-refractivity contribution < 1.29 is 28.0 Å². The number of benzene rings is 1. The van der Waals surface area contributed by atoms with Crippen LogP contribution in [0.1, 0.15) is 38.0 Å². The molecule has 0 aliphatic carbocycles. The van der Waals surface area contributed by atoms with Gasteiger partial charge in [-0.15, -0.1) is 11.3 Å². The van der Waals surface area contributed by atoms with Gasteiger partial charge in [0.25, 0.3) is 18.2 Å². The largest absolute Gasteiger partial charge is 0.464 e. The van der Waals surface area contributed by atoms with Crippen molar-refractivity contribution in [1.29, 1.82) is 0 Å². The molecular weight excluding hydrogens is 562 g/mol. The standard InChI is InChI=1S/C25H20F2N8O5S/c1-12-14(10-33(2)31-12)13-9-16(22(26)27)29-25-19(13)20(21(41-25)23(28)36)30-24(37)15-7-8-34(32-15)11-40-18-6-4-3-5-17(18)35(38)39/h3-10,22H,11H2,1-2H3,(H2,28,36)(H,30,37). The Morgan fingerprint density at radius 3 is 2.63 bits per heavy atom. The number of nitro benzene ring substituents is 1. The minimum absolute atomic E-state index is 0.000204. The lowest BCUT2D eigenvalue weighted by Gasteiger charge is -2.10. The summed E-state index contributed by atoms with van der Waals surface area (Å²) in [6, 6.07) is 8.36. The van der Waals surface area contributed by atoms with Gasteiger partial charge in [-0.1, -0.05) is 12.1 Å². The van der Waals surface area contributed by atoms with E-state index in [1.807, 2.05) is 0 Å². The number of nitro groups is 1. The quantitative estimate of drug-likeness (QED) is 0.190. The highest BCUT2D eigenvalue weighted by Gasteiger charge is 2.27. The fourth-order valence-electron chi connectivity index (χ4n) is 4.20. The van der Waals surface area contributed by atoms with Gasteiger partial charge < -0.3 is 15.8 Å². The molecule has 41 heavy (non-hydrogen) atoms. The van der Waals surface area contributed by atoms with Gasteiger partial charge in [0.2, 0.25) is 0 Å². The first kappa shape index (κ1) is 27.3. The van der Waals surface area contributed by atoms with Gasteiger partial charge in [0.05, 0.1) is 16.3 Å². The van der Waals surface area contributed by atoms with Gasteiger partial charge in [0.15, 0.2) is 18.2 Å². The number of alkyl halides is 2. The lowest BCUT2D eigenvalue weighted by molar-refractivity contribution is -0.386. The second-order valence-electron chi connectivity index (χ2n) is 8.74. The zero-order chi connectivity index (χ0) is 29.4. The Bertz CT molecular complexity index is 1830. The molecule has 5 aromatic rings. The molecule has 0 fully saturated rings. The Hall–Kier alpha value is -5.25. The number of nitrogens with two attached hydrogens (primary N) is 1. The lowest BCUT2D eigenvalue weighted by atomic mass is 10.0. The summed E-state index contributed by atoms with van der Waals surface area (Å²) in [5, 5.41) is 22.5. The van der Waals surface area contributed by atoms with Crippen LogP contribution in [0.2, 0.25) is 0 Å². The van der Waals surface area contributed by atoms with E-state index in [4.69, 9.17) is 10.5 Å². The van der Waals surface area contributed by atoms with Crippen LogP contribution in [0.25, 0.3) is 21.3 Å². The molecule has 16 heteroatoms. The predicted octanol–water partition coefficient (Wildman–Crippen LogP) is 4.44. The van der Waals surface area contributed by atoms with Crippen molar-refractivity contribution in [1.82, 2.24) is 24.5 Å². The van der Waals surface area contributed by atoms with Crippen molar-refractivity contribution in [2.75, 3.05) is 5.32 Å². The first-order valence-corrected chi connectivity index (χ1v) is 12.6. The number of carbonyl (C=O) groups excluding carboxylic acids is 2. The summed E-state index contributed by atoms with van der Waals surface area (Å²) in [6.45, 7) is 1.46. The normalized spacial score (nSPS) is 11.2. The Morgan fingerprint density at radius 1 is 1.22 bits per heavy atom. The molecule has 3 N–H and O–H groups in total. The van der Waals surface area contributed by atoms with Crippen LogP contribution < -0.4 is 15.8 Å². The number of rotatable bonds is 9. The van der Waals surface area contributed by atoms with Crippen molar-refractivity contribution in [2.24, 2.45) is 12.8 Å². The summed E-state index contributed by atoms with van der Waals surface area (Å²) in [6.07, 6.45) is 0.159. The van der Waals surface area contributed by atoms with Gasteiger partial charge in [0, 0.05) is 36.5 Å². The minimum atomic E-state index is -2.89. The van der Waals surface area contributed by atoms with E-state index in [2.05, 4.69) is 20.5 Å². The van der Waals surface area contributed by atoms with E-state index in [1.54, 1.807) is 26.2 Å². The van der Waals surface area contributed by atoms with E-state index in [9.17, 15) is 28.5 Å². The van der Waals surface area contributed by atoms with E-state index in [0.717, 1.165) is 11.3 Å². The smallest absolute Gasteiger partial charge is 0.311 e. The first-order valence-electron chi connectivity index (χ1n) is 11.8. The van der Waals surface area contributed by atoms with Gasteiger partial charge in [-0.2, -0.15) is 10.2 Å². The highest BCUT2D eigenvalue weighted by Crippen LogP contribution is 2.43. The van der Waals surface area contributed by atoms with E-state index >= 15 is 0 Å². The number of pyridine rings is 1. The summed E-state index contributed by atoms with van der Waals surface area (Å²) in [5.41, 5.74) is 6.09. The summed E-state index contributed by atoms with van der Waals surface area (Å²) < 4.78 is 35.7. The molecule has 0 radical (unpaired) electrons. The number of fused-ring (bicyclic) bond motifs is 1. The third-order valence-electron chi connectivity index (χ3n) is 5.96. The molecule has 1 aromatic carbocycles. The molecule has 0 atom stereocenters. The summed E-state index contributed by atoms with van der Waals surface area (Å²) >= 11 is 0.775. The molecule has 0 aliphatic heterocycles.